The van der Waals surface area contributed by atoms with Crippen molar-refractivity contribution in [3.63, 3.8) is 0 Å². The Bertz CT molecular complexity index is 418. The van der Waals surface area contributed by atoms with Gasteiger partial charge in [0.2, 0.25) is 0 Å². The molecule has 1 aromatic rings. The molecule has 0 spiro atoms. The van der Waals surface area contributed by atoms with Crippen molar-refractivity contribution < 1.29 is 8.42 Å². The van der Waals surface area contributed by atoms with E-state index in [1.54, 1.807) is 12.1 Å². The number of hydrogen-bond donors (Lipinski definition) is 0. The SMILES string of the molecule is Cc1cccc2c1CCS2(=O)=O. The number of hydrogen-bond acceptors (Lipinski definition) is 2. The zero-order chi connectivity index (χ0) is 8.77. The van der Waals surface area contributed by atoms with Crippen LogP contribution in [0.5, 0.6) is 0 Å². The maximum Gasteiger partial charge on any atom is 0.178 e. The van der Waals surface area contributed by atoms with Crippen LogP contribution in [0.1, 0.15) is 11.1 Å². The summed E-state index contributed by atoms with van der Waals surface area (Å²) in [5.74, 6) is 0.285. The van der Waals surface area contributed by atoms with Crippen molar-refractivity contribution >= 4 is 9.84 Å². The van der Waals surface area contributed by atoms with Crippen molar-refractivity contribution in [3.05, 3.63) is 29.3 Å². The van der Waals surface area contributed by atoms with Gasteiger partial charge in [-0.25, -0.2) is 8.42 Å². The summed E-state index contributed by atoms with van der Waals surface area (Å²) < 4.78 is 22.8. The maximum absolute atomic E-state index is 11.4. The largest absolute Gasteiger partial charge is 0.224 e. The molecule has 64 valence electrons. The van der Waals surface area contributed by atoms with E-state index in [4.69, 9.17) is 0 Å². The Morgan fingerprint density at radius 1 is 1.33 bits per heavy atom. The molecule has 3 heteroatoms. The zero-order valence-electron chi connectivity index (χ0n) is 6.87. The number of benzene rings is 1. The molecule has 0 fully saturated rings. The van der Waals surface area contributed by atoms with E-state index in [2.05, 4.69) is 0 Å². The van der Waals surface area contributed by atoms with Gasteiger partial charge in [0.25, 0.3) is 0 Å². The first kappa shape index (κ1) is 7.80. The number of sulfone groups is 1. The molecule has 0 atom stereocenters. The summed E-state index contributed by atoms with van der Waals surface area (Å²) in [6.07, 6.45) is 0.685. The van der Waals surface area contributed by atoms with Gasteiger partial charge in [0, 0.05) is 0 Å². The third-order valence-electron chi connectivity index (χ3n) is 2.32. The van der Waals surface area contributed by atoms with Crippen LogP contribution in [0, 0.1) is 6.92 Å². The highest BCUT2D eigenvalue weighted by atomic mass is 32.2. The van der Waals surface area contributed by atoms with Crippen LogP contribution in [0.15, 0.2) is 23.1 Å². The molecule has 0 unspecified atom stereocenters. The molecule has 0 aliphatic carbocycles. The monoisotopic (exact) mass is 182 g/mol. The average molecular weight is 182 g/mol. The number of rotatable bonds is 0. The lowest BCUT2D eigenvalue weighted by Crippen LogP contribution is -1.98. The van der Waals surface area contributed by atoms with Crippen LogP contribution in [-0.4, -0.2) is 14.2 Å². The second-order valence-corrected chi connectivity index (χ2v) is 5.20. The van der Waals surface area contributed by atoms with Crippen LogP contribution < -0.4 is 0 Å². The minimum Gasteiger partial charge on any atom is -0.224 e. The molecule has 0 radical (unpaired) electrons. The summed E-state index contributed by atoms with van der Waals surface area (Å²) >= 11 is 0. The van der Waals surface area contributed by atoms with Gasteiger partial charge in [-0.15, -0.1) is 0 Å². The van der Waals surface area contributed by atoms with Crippen LogP contribution >= 0.6 is 0 Å². The summed E-state index contributed by atoms with van der Waals surface area (Å²) in [6, 6.07) is 5.46. The molecule has 0 aromatic heterocycles. The molecule has 1 aliphatic heterocycles. The van der Waals surface area contributed by atoms with Crippen molar-refractivity contribution in [2.75, 3.05) is 5.75 Å². The smallest absolute Gasteiger partial charge is 0.178 e. The van der Waals surface area contributed by atoms with Gasteiger partial charge in [0.05, 0.1) is 10.6 Å². The second-order valence-electron chi connectivity index (χ2n) is 3.12. The third-order valence-corrected chi connectivity index (χ3v) is 4.12. The molecule has 12 heavy (non-hydrogen) atoms. The highest BCUT2D eigenvalue weighted by Crippen LogP contribution is 2.27. The second kappa shape index (κ2) is 2.33. The van der Waals surface area contributed by atoms with Crippen LogP contribution in [0.4, 0.5) is 0 Å². The Kier molecular flexibility index (Phi) is 1.51. The molecule has 0 amide bonds. The molecule has 1 aromatic carbocycles. The minimum absolute atomic E-state index is 0.285. The fraction of sp³-hybridized carbons (Fsp3) is 0.333. The van der Waals surface area contributed by atoms with Gasteiger partial charge in [-0.1, -0.05) is 12.1 Å². The van der Waals surface area contributed by atoms with Gasteiger partial charge in [0.1, 0.15) is 0 Å². The molecule has 0 N–H and O–H groups in total. The number of aryl methyl sites for hydroxylation is 1. The molecule has 2 rings (SSSR count). The molecular weight excluding hydrogens is 172 g/mol. The minimum atomic E-state index is -2.93. The highest BCUT2D eigenvalue weighted by molar-refractivity contribution is 7.91. The molecule has 0 bridgehead atoms. The maximum atomic E-state index is 11.4. The standard InChI is InChI=1S/C9H10O2S/c1-7-3-2-4-9-8(7)5-6-12(9,10)11/h2-4H,5-6H2,1H3. The molecule has 1 aliphatic rings. The summed E-state index contributed by atoms with van der Waals surface area (Å²) in [4.78, 5) is 0.544. The van der Waals surface area contributed by atoms with E-state index in [0.717, 1.165) is 11.1 Å². The van der Waals surface area contributed by atoms with E-state index in [-0.39, 0.29) is 5.75 Å². The van der Waals surface area contributed by atoms with Gasteiger partial charge < -0.3 is 0 Å². The van der Waals surface area contributed by atoms with Gasteiger partial charge >= 0.3 is 0 Å². The van der Waals surface area contributed by atoms with Gasteiger partial charge in [-0.2, -0.15) is 0 Å². The Balaban J connectivity index is 2.78. The zero-order valence-corrected chi connectivity index (χ0v) is 7.69. The molecule has 0 saturated heterocycles. The lowest BCUT2D eigenvalue weighted by molar-refractivity contribution is 0.600. The molecular formula is C9H10O2S. The van der Waals surface area contributed by atoms with Crippen LogP contribution in [0.2, 0.25) is 0 Å². The van der Waals surface area contributed by atoms with Gasteiger partial charge in [-0.05, 0) is 30.5 Å². The van der Waals surface area contributed by atoms with Crippen molar-refractivity contribution in [2.45, 2.75) is 18.2 Å². The first-order chi connectivity index (χ1) is 5.61. The number of fused-ring (bicyclic) bond motifs is 1. The summed E-state index contributed by atoms with van der Waals surface area (Å²) in [6.45, 7) is 1.96. The highest BCUT2D eigenvalue weighted by Gasteiger charge is 2.26. The quantitative estimate of drug-likeness (QED) is 0.606. The lowest BCUT2D eigenvalue weighted by Gasteiger charge is -2.00. The Morgan fingerprint density at radius 3 is 2.75 bits per heavy atom. The van der Waals surface area contributed by atoms with Crippen LogP contribution in [0.25, 0.3) is 0 Å². The van der Waals surface area contributed by atoms with E-state index >= 15 is 0 Å². The Morgan fingerprint density at radius 2 is 2.08 bits per heavy atom. The Hall–Kier alpha value is -0.830. The van der Waals surface area contributed by atoms with E-state index in [9.17, 15) is 8.42 Å². The third kappa shape index (κ3) is 0.966. The normalized spacial score (nSPS) is 19.1. The summed E-state index contributed by atoms with van der Waals surface area (Å²) in [7, 11) is -2.93. The predicted octanol–water partition coefficient (Wildman–Crippen LogP) is 1.32. The van der Waals surface area contributed by atoms with E-state index in [1.807, 2.05) is 13.0 Å². The van der Waals surface area contributed by atoms with Gasteiger partial charge in [0.15, 0.2) is 9.84 Å². The van der Waals surface area contributed by atoms with Crippen molar-refractivity contribution in [3.8, 4) is 0 Å². The fourth-order valence-electron chi connectivity index (χ4n) is 1.63. The molecule has 0 saturated carbocycles. The van der Waals surface area contributed by atoms with Crippen molar-refractivity contribution in [2.24, 2.45) is 0 Å². The van der Waals surface area contributed by atoms with E-state index in [0.29, 0.717) is 11.3 Å². The fourth-order valence-corrected chi connectivity index (χ4v) is 3.25. The van der Waals surface area contributed by atoms with E-state index < -0.39 is 9.84 Å². The van der Waals surface area contributed by atoms with Crippen molar-refractivity contribution in [1.82, 2.24) is 0 Å². The van der Waals surface area contributed by atoms with Crippen LogP contribution in [0.3, 0.4) is 0 Å². The Labute approximate surface area is 72.1 Å². The van der Waals surface area contributed by atoms with Crippen LogP contribution in [-0.2, 0) is 16.3 Å². The average Bonchev–Trinajstić information content (AvgIpc) is 2.30. The lowest BCUT2D eigenvalue weighted by atomic mass is 10.1. The first-order valence-corrected chi connectivity index (χ1v) is 5.58. The van der Waals surface area contributed by atoms with Crippen molar-refractivity contribution in [1.29, 1.82) is 0 Å². The molecule has 1 heterocycles. The van der Waals surface area contributed by atoms with E-state index in [1.165, 1.54) is 0 Å². The summed E-state index contributed by atoms with van der Waals surface area (Å²) in [5.41, 5.74) is 2.10. The summed E-state index contributed by atoms with van der Waals surface area (Å²) in [5, 5.41) is 0. The first-order valence-electron chi connectivity index (χ1n) is 3.92. The van der Waals surface area contributed by atoms with Gasteiger partial charge in [-0.3, -0.25) is 0 Å². The predicted molar refractivity (Wildman–Crippen MR) is 46.9 cm³/mol. The topological polar surface area (TPSA) is 34.1 Å². The molecule has 2 nitrogen and oxygen atoms in total.